The van der Waals surface area contributed by atoms with Crippen molar-refractivity contribution in [2.24, 2.45) is 5.92 Å². The van der Waals surface area contributed by atoms with Crippen molar-refractivity contribution in [1.29, 1.82) is 0 Å². The van der Waals surface area contributed by atoms with E-state index in [9.17, 15) is 9.18 Å². The van der Waals surface area contributed by atoms with E-state index < -0.39 is 0 Å². The minimum atomic E-state index is -0.292. The number of halogens is 1. The third-order valence-corrected chi connectivity index (χ3v) is 6.24. The maximum Gasteiger partial charge on any atom is 0.233 e. The fourth-order valence-electron chi connectivity index (χ4n) is 3.77. The number of piperidine rings is 1. The molecule has 4 rings (SSSR count). The summed E-state index contributed by atoms with van der Waals surface area (Å²) in [7, 11) is 0. The molecular weight excluding hydrogens is 399 g/mol. The predicted octanol–water partition coefficient (Wildman–Crippen LogP) is 4.35. The number of hydrogen-bond acceptors (Lipinski definition) is 4. The molecule has 1 atom stereocenters. The first-order valence-corrected chi connectivity index (χ1v) is 11.2. The molecule has 2 aromatic carbocycles. The molecule has 0 bridgehead atoms. The summed E-state index contributed by atoms with van der Waals surface area (Å²) < 4.78 is 15.4. The van der Waals surface area contributed by atoms with Crippen molar-refractivity contribution < 1.29 is 9.18 Å². The minimum absolute atomic E-state index is 0.129. The van der Waals surface area contributed by atoms with Gasteiger partial charge in [0.1, 0.15) is 11.6 Å². The number of rotatable bonds is 6. The van der Waals surface area contributed by atoms with Crippen molar-refractivity contribution in [2.45, 2.75) is 31.3 Å². The van der Waals surface area contributed by atoms with Gasteiger partial charge < -0.3 is 4.90 Å². The SMILES string of the molecule is C[C@H]1CCCN(C(=O)CSc2nnc(Cc3ccccc3)n2-c2ccc(F)cc2)C1. The average molecular weight is 425 g/mol. The van der Waals surface area contributed by atoms with Gasteiger partial charge in [-0.15, -0.1) is 10.2 Å². The summed E-state index contributed by atoms with van der Waals surface area (Å²) in [5, 5.41) is 9.39. The van der Waals surface area contributed by atoms with E-state index in [0.29, 0.717) is 23.2 Å². The normalized spacial score (nSPS) is 16.6. The second kappa shape index (κ2) is 9.43. The van der Waals surface area contributed by atoms with Crippen LogP contribution in [0.2, 0.25) is 0 Å². The van der Waals surface area contributed by atoms with Gasteiger partial charge in [0.05, 0.1) is 5.75 Å². The third kappa shape index (κ3) is 4.90. The fourth-order valence-corrected chi connectivity index (χ4v) is 4.64. The minimum Gasteiger partial charge on any atom is -0.342 e. The maximum atomic E-state index is 13.5. The van der Waals surface area contributed by atoms with Crippen LogP contribution in [0.1, 0.15) is 31.2 Å². The Balaban J connectivity index is 1.56. The Bertz CT molecular complexity index is 990. The van der Waals surface area contributed by atoms with Crippen molar-refractivity contribution in [3.05, 3.63) is 71.8 Å². The third-order valence-electron chi connectivity index (χ3n) is 5.32. The first-order chi connectivity index (χ1) is 14.6. The summed E-state index contributed by atoms with van der Waals surface area (Å²) >= 11 is 1.38. The molecule has 0 spiro atoms. The van der Waals surface area contributed by atoms with E-state index in [4.69, 9.17) is 0 Å². The molecule has 156 valence electrons. The quantitative estimate of drug-likeness (QED) is 0.552. The van der Waals surface area contributed by atoms with E-state index in [1.165, 1.54) is 30.3 Å². The molecule has 1 fully saturated rings. The molecule has 1 saturated heterocycles. The Labute approximate surface area is 180 Å². The lowest BCUT2D eigenvalue weighted by Crippen LogP contribution is -2.40. The van der Waals surface area contributed by atoms with Crippen molar-refractivity contribution in [2.75, 3.05) is 18.8 Å². The van der Waals surface area contributed by atoms with Crippen molar-refractivity contribution in [3.63, 3.8) is 0 Å². The van der Waals surface area contributed by atoms with Crippen LogP contribution in [0.5, 0.6) is 0 Å². The topological polar surface area (TPSA) is 51.0 Å². The molecule has 30 heavy (non-hydrogen) atoms. The van der Waals surface area contributed by atoms with E-state index in [1.807, 2.05) is 39.8 Å². The van der Waals surface area contributed by atoms with Crippen LogP contribution in [-0.4, -0.2) is 44.4 Å². The van der Waals surface area contributed by atoms with Crippen LogP contribution in [-0.2, 0) is 11.2 Å². The molecule has 0 radical (unpaired) electrons. The Hall–Kier alpha value is -2.67. The van der Waals surface area contributed by atoms with Crippen LogP contribution in [0.15, 0.2) is 59.8 Å². The van der Waals surface area contributed by atoms with E-state index in [2.05, 4.69) is 17.1 Å². The van der Waals surface area contributed by atoms with E-state index >= 15 is 0 Å². The zero-order valence-corrected chi connectivity index (χ0v) is 17.8. The standard InChI is InChI=1S/C23H25FN4OS/c1-17-6-5-13-27(15-17)22(29)16-30-23-26-25-21(14-18-7-3-2-4-8-18)28(23)20-11-9-19(24)10-12-20/h2-4,7-12,17H,5-6,13-16H2,1H3/t17-/m0/s1. The largest absolute Gasteiger partial charge is 0.342 e. The number of benzene rings is 2. The van der Waals surface area contributed by atoms with Crippen LogP contribution in [0.25, 0.3) is 5.69 Å². The van der Waals surface area contributed by atoms with E-state index in [1.54, 1.807) is 12.1 Å². The van der Waals surface area contributed by atoms with Crippen LogP contribution in [0, 0.1) is 11.7 Å². The van der Waals surface area contributed by atoms with Crippen LogP contribution >= 0.6 is 11.8 Å². The van der Waals surface area contributed by atoms with Gasteiger partial charge in [0, 0.05) is 25.2 Å². The zero-order valence-electron chi connectivity index (χ0n) is 17.0. The molecule has 1 aliphatic heterocycles. The van der Waals surface area contributed by atoms with E-state index in [-0.39, 0.29) is 11.7 Å². The number of thioether (sulfide) groups is 1. The molecular formula is C23H25FN4OS. The van der Waals surface area contributed by atoms with Gasteiger partial charge in [-0.2, -0.15) is 0 Å². The second-order valence-corrected chi connectivity index (χ2v) is 8.69. The number of amides is 1. The summed E-state index contributed by atoms with van der Waals surface area (Å²) in [6, 6.07) is 16.3. The highest BCUT2D eigenvalue weighted by atomic mass is 32.2. The lowest BCUT2D eigenvalue weighted by atomic mass is 10.0. The smallest absolute Gasteiger partial charge is 0.233 e. The first-order valence-electron chi connectivity index (χ1n) is 10.2. The fraction of sp³-hybridized carbons (Fsp3) is 0.348. The molecule has 0 unspecified atom stereocenters. The highest BCUT2D eigenvalue weighted by Gasteiger charge is 2.22. The number of hydrogen-bond donors (Lipinski definition) is 0. The highest BCUT2D eigenvalue weighted by Crippen LogP contribution is 2.25. The Morgan fingerprint density at radius 3 is 2.63 bits per heavy atom. The second-order valence-electron chi connectivity index (χ2n) is 7.75. The van der Waals surface area contributed by atoms with Crippen LogP contribution in [0.4, 0.5) is 4.39 Å². The molecule has 7 heteroatoms. The average Bonchev–Trinajstić information content (AvgIpc) is 3.15. The summed E-state index contributed by atoms with van der Waals surface area (Å²) in [4.78, 5) is 14.7. The van der Waals surface area contributed by atoms with E-state index in [0.717, 1.165) is 36.6 Å². The Morgan fingerprint density at radius 1 is 1.13 bits per heavy atom. The van der Waals surface area contributed by atoms with Gasteiger partial charge in [-0.3, -0.25) is 9.36 Å². The molecule has 1 aromatic heterocycles. The molecule has 0 saturated carbocycles. The van der Waals surface area contributed by atoms with Crippen molar-refractivity contribution >= 4 is 17.7 Å². The number of aromatic nitrogens is 3. The highest BCUT2D eigenvalue weighted by molar-refractivity contribution is 7.99. The number of likely N-dealkylation sites (tertiary alicyclic amines) is 1. The van der Waals surface area contributed by atoms with Gasteiger partial charge in [0.2, 0.25) is 5.91 Å². The lowest BCUT2D eigenvalue weighted by molar-refractivity contribution is -0.130. The predicted molar refractivity (Wildman–Crippen MR) is 116 cm³/mol. The summed E-state index contributed by atoms with van der Waals surface area (Å²) in [6.45, 7) is 3.84. The molecule has 2 heterocycles. The molecule has 1 amide bonds. The van der Waals surface area contributed by atoms with Gasteiger partial charge >= 0.3 is 0 Å². The number of nitrogens with zero attached hydrogens (tertiary/aromatic N) is 4. The summed E-state index contributed by atoms with van der Waals surface area (Å²) in [5.41, 5.74) is 1.90. The molecule has 0 aliphatic carbocycles. The monoisotopic (exact) mass is 424 g/mol. The molecule has 3 aromatic rings. The first kappa shape index (κ1) is 20.6. The van der Waals surface area contributed by atoms with Crippen LogP contribution in [0.3, 0.4) is 0 Å². The van der Waals surface area contributed by atoms with Gasteiger partial charge in [-0.25, -0.2) is 4.39 Å². The van der Waals surface area contributed by atoms with Gasteiger partial charge in [-0.05, 0) is 48.6 Å². The summed E-state index contributed by atoms with van der Waals surface area (Å²) in [5.74, 6) is 1.46. The zero-order chi connectivity index (χ0) is 20.9. The van der Waals surface area contributed by atoms with Crippen molar-refractivity contribution in [3.8, 4) is 5.69 Å². The lowest BCUT2D eigenvalue weighted by Gasteiger charge is -2.30. The number of carbonyl (C=O) groups is 1. The van der Waals surface area contributed by atoms with Gasteiger partial charge in [-0.1, -0.05) is 49.0 Å². The van der Waals surface area contributed by atoms with Crippen molar-refractivity contribution in [1.82, 2.24) is 19.7 Å². The molecule has 0 N–H and O–H groups in total. The van der Waals surface area contributed by atoms with Gasteiger partial charge in [0.25, 0.3) is 0 Å². The molecule has 5 nitrogen and oxygen atoms in total. The summed E-state index contributed by atoms with van der Waals surface area (Å²) in [6.07, 6.45) is 2.84. The maximum absolute atomic E-state index is 13.5. The number of carbonyl (C=O) groups excluding carboxylic acids is 1. The van der Waals surface area contributed by atoms with Gasteiger partial charge in [0.15, 0.2) is 5.16 Å². The Morgan fingerprint density at radius 2 is 1.90 bits per heavy atom. The Kier molecular flexibility index (Phi) is 6.47. The molecule has 1 aliphatic rings. The van der Waals surface area contributed by atoms with Crippen LogP contribution < -0.4 is 0 Å².